The van der Waals surface area contributed by atoms with Gasteiger partial charge in [-0.25, -0.2) is 9.97 Å². The van der Waals surface area contributed by atoms with Crippen LogP contribution < -0.4 is 0 Å². The van der Waals surface area contributed by atoms with Crippen LogP contribution in [-0.4, -0.2) is 30.2 Å². The van der Waals surface area contributed by atoms with Gasteiger partial charge in [-0.15, -0.1) is 11.6 Å². The molecule has 98 valence electrons. The smallest absolute Gasteiger partial charge is 0.160 e. The second-order valence-corrected chi connectivity index (χ2v) is 6.45. The molecule has 4 nitrogen and oxygen atoms in total. The second kappa shape index (κ2) is 5.36. The predicted molar refractivity (Wildman–Crippen MR) is 75.4 cm³/mol. The number of aromatic nitrogens is 3. The van der Waals surface area contributed by atoms with Crippen molar-refractivity contribution in [2.75, 3.05) is 6.26 Å². The molecule has 0 aliphatic heterocycles. The maximum Gasteiger partial charge on any atom is 0.160 e. The first kappa shape index (κ1) is 13.5. The van der Waals surface area contributed by atoms with Gasteiger partial charge in [-0.1, -0.05) is 0 Å². The average molecular weight is 286 g/mol. The molecule has 2 heterocycles. The van der Waals surface area contributed by atoms with E-state index in [2.05, 4.69) is 9.97 Å². The predicted octanol–water partition coefficient (Wildman–Crippen LogP) is 2.25. The fourth-order valence-electron chi connectivity index (χ4n) is 1.80. The molecule has 6 heteroatoms. The number of imidazole rings is 1. The SMILES string of the molecule is Cc1ccc2nc(CCl)n(CC(C)S(C)=O)c2n1. The molecule has 0 saturated carbocycles. The number of hydrogen-bond donors (Lipinski definition) is 0. The van der Waals surface area contributed by atoms with Crippen LogP contribution in [0.4, 0.5) is 0 Å². The molecule has 18 heavy (non-hydrogen) atoms. The fraction of sp³-hybridized carbons (Fsp3) is 0.500. The minimum atomic E-state index is -0.873. The summed E-state index contributed by atoms with van der Waals surface area (Å²) in [6, 6.07) is 3.87. The van der Waals surface area contributed by atoms with Gasteiger partial charge in [0.2, 0.25) is 0 Å². The van der Waals surface area contributed by atoms with E-state index >= 15 is 0 Å². The van der Waals surface area contributed by atoms with Crippen molar-refractivity contribution in [3.05, 3.63) is 23.7 Å². The summed E-state index contributed by atoms with van der Waals surface area (Å²) >= 11 is 5.92. The van der Waals surface area contributed by atoms with Crippen LogP contribution in [0.1, 0.15) is 18.4 Å². The van der Waals surface area contributed by atoms with E-state index in [-0.39, 0.29) is 5.25 Å². The number of nitrogens with zero attached hydrogens (tertiary/aromatic N) is 3. The number of alkyl halides is 1. The van der Waals surface area contributed by atoms with E-state index in [1.54, 1.807) is 6.26 Å². The number of halogens is 1. The maximum absolute atomic E-state index is 11.5. The molecule has 2 aromatic heterocycles. The van der Waals surface area contributed by atoms with Crippen molar-refractivity contribution in [1.29, 1.82) is 0 Å². The Hall–Kier alpha value is -0.940. The minimum absolute atomic E-state index is 0.0479. The third-order valence-corrected chi connectivity index (χ3v) is 4.46. The lowest BCUT2D eigenvalue weighted by atomic mass is 10.3. The van der Waals surface area contributed by atoms with Gasteiger partial charge in [0.25, 0.3) is 0 Å². The van der Waals surface area contributed by atoms with Crippen molar-refractivity contribution in [2.45, 2.75) is 31.5 Å². The van der Waals surface area contributed by atoms with E-state index in [4.69, 9.17) is 11.6 Å². The van der Waals surface area contributed by atoms with Crippen LogP contribution in [0.2, 0.25) is 0 Å². The average Bonchev–Trinajstić information content (AvgIpc) is 2.67. The standard InChI is InChI=1S/C12H16ClN3OS/c1-8-4-5-10-12(14-8)16(11(6-13)15-10)7-9(2)18(3)17/h4-5,9H,6-7H2,1-3H3. The Balaban J connectivity index is 2.52. The molecule has 0 aliphatic rings. The van der Waals surface area contributed by atoms with Crippen LogP contribution in [0.15, 0.2) is 12.1 Å². The largest absolute Gasteiger partial charge is 0.310 e. The molecular formula is C12H16ClN3OS. The molecule has 0 saturated heterocycles. The van der Waals surface area contributed by atoms with E-state index in [1.165, 1.54) is 0 Å². The van der Waals surface area contributed by atoms with Gasteiger partial charge in [0.05, 0.1) is 5.88 Å². The lowest BCUT2D eigenvalue weighted by Gasteiger charge is -2.12. The van der Waals surface area contributed by atoms with Gasteiger partial charge in [-0.3, -0.25) is 4.21 Å². The Bertz CT molecular complexity index is 596. The first-order valence-electron chi connectivity index (χ1n) is 5.74. The van der Waals surface area contributed by atoms with Crippen molar-refractivity contribution in [3.8, 4) is 0 Å². The van der Waals surface area contributed by atoms with Gasteiger partial charge < -0.3 is 4.57 Å². The summed E-state index contributed by atoms with van der Waals surface area (Å²) in [5.74, 6) is 1.11. The molecule has 0 fully saturated rings. The highest BCUT2D eigenvalue weighted by molar-refractivity contribution is 7.84. The summed E-state index contributed by atoms with van der Waals surface area (Å²) in [4.78, 5) is 8.95. The summed E-state index contributed by atoms with van der Waals surface area (Å²) in [7, 11) is -0.873. The molecule has 0 amide bonds. The topological polar surface area (TPSA) is 47.8 Å². The molecule has 0 N–H and O–H groups in total. The minimum Gasteiger partial charge on any atom is -0.310 e. The Labute approximate surface area is 114 Å². The number of pyridine rings is 1. The van der Waals surface area contributed by atoms with Crippen LogP contribution in [0.3, 0.4) is 0 Å². The van der Waals surface area contributed by atoms with Gasteiger partial charge in [-0.05, 0) is 26.0 Å². The van der Waals surface area contributed by atoms with Gasteiger partial charge in [0.15, 0.2) is 5.65 Å². The first-order valence-corrected chi connectivity index (χ1v) is 7.89. The molecule has 2 atom stereocenters. The summed E-state index contributed by atoms with van der Waals surface area (Å²) in [6.45, 7) is 4.52. The molecule has 0 spiro atoms. The lowest BCUT2D eigenvalue weighted by Crippen LogP contribution is -2.19. The summed E-state index contributed by atoms with van der Waals surface area (Å²) < 4.78 is 13.5. The van der Waals surface area contributed by atoms with Crippen LogP contribution in [0.25, 0.3) is 11.2 Å². The first-order chi connectivity index (χ1) is 8.52. The Morgan fingerprint density at radius 2 is 2.17 bits per heavy atom. The van der Waals surface area contributed by atoms with Gasteiger partial charge in [-0.2, -0.15) is 0 Å². The van der Waals surface area contributed by atoms with Crippen LogP contribution in [-0.2, 0) is 23.2 Å². The Morgan fingerprint density at radius 3 is 2.78 bits per heavy atom. The Kier molecular flexibility index (Phi) is 4.02. The van der Waals surface area contributed by atoms with Crippen molar-refractivity contribution in [1.82, 2.24) is 14.5 Å². The quantitative estimate of drug-likeness (QED) is 0.810. The van der Waals surface area contributed by atoms with Crippen molar-refractivity contribution in [2.24, 2.45) is 0 Å². The van der Waals surface area contributed by atoms with E-state index in [0.29, 0.717) is 12.4 Å². The summed E-state index contributed by atoms with van der Waals surface area (Å²) in [5.41, 5.74) is 2.60. The number of fused-ring (bicyclic) bond motifs is 1. The highest BCUT2D eigenvalue weighted by Crippen LogP contribution is 2.17. The molecule has 2 rings (SSSR count). The number of hydrogen-bond acceptors (Lipinski definition) is 3. The van der Waals surface area contributed by atoms with Crippen molar-refractivity contribution < 1.29 is 4.21 Å². The lowest BCUT2D eigenvalue weighted by molar-refractivity contribution is 0.638. The molecule has 0 bridgehead atoms. The monoisotopic (exact) mass is 285 g/mol. The molecular weight excluding hydrogens is 270 g/mol. The van der Waals surface area contributed by atoms with E-state index in [9.17, 15) is 4.21 Å². The second-order valence-electron chi connectivity index (χ2n) is 4.38. The molecule has 0 radical (unpaired) electrons. The zero-order valence-electron chi connectivity index (χ0n) is 10.7. The van der Waals surface area contributed by atoms with E-state index in [1.807, 2.05) is 30.5 Å². The zero-order chi connectivity index (χ0) is 13.3. The zero-order valence-corrected chi connectivity index (χ0v) is 12.3. The van der Waals surface area contributed by atoms with Crippen molar-refractivity contribution >= 4 is 33.6 Å². The van der Waals surface area contributed by atoms with Gasteiger partial charge in [0, 0.05) is 34.5 Å². The molecule has 0 aromatic carbocycles. The summed E-state index contributed by atoms with van der Waals surface area (Å²) in [5, 5.41) is 0.0479. The summed E-state index contributed by atoms with van der Waals surface area (Å²) in [6.07, 6.45) is 1.71. The van der Waals surface area contributed by atoms with Crippen LogP contribution in [0, 0.1) is 6.92 Å². The number of aryl methyl sites for hydroxylation is 1. The highest BCUT2D eigenvalue weighted by atomic mass is 35.5. The van der Waals surface area contributed by atoms with Gasteiger partial charge in [0.1, 0.15) is 11.3 Å². The maximum atomic E-state index is 11.5. The van der Waals surface area contributed by atoms with Crippen molar-refractivity contribution in [3.63, 3.8) is 0 Å². The highest BCUT2D eigenvalue weighted by Gasteiger charge is 2.15. The number of rotatable bonds is 4. The molecule has 2 aromatic rings. The van der Waals surface area contributed by atoms with Gasteiger partial charge >= 0.3 is 0 Å². The molecule has 0 aliphatic carbocycles. The molecule has 2 unspecified atom stereocenters. The van der Waals surface area contributed by atoms with Crippen LogP contribution >= 0.6 is 11.6 Å². The third kappa shape index (κ3) is 2.57. The third-order valence-electron chi connectivity index (χ3n) is 2.94. The Morgan fingerprint density at radius 1 is 1.44 bits per heavy atom. The van der Waals surface area contributed by atoms with Crippen LogP contribution in [0.5, 0.6) is 0 Å². The van der Waals surface area contributed by atoms with E-state index < -0.39 is 10.8 Å². The normalized spacial score (nSPS) is 14.9. The van der Waals surface area contributed by atoms with E-state index in [0.717, 1.165) is 22.7 Å². The fourth-order valence-corrected chi connectivity index (χ4v) is 2.36.